The van der Waals surface area contributed by atoms with Gasteiger partial charge in [-0.25, -0.2) is 14.4 Å². The summed E-state index contributed by atoms with van der Waals surface area (Å²) in [7, 11) is 0. The van der Waals surface area contributed by atoms with Gasteiger partial charge in [-0.1, -0.05) is 6.07 Å². The number of hydrogen-bond acceptors (Lipinski definition) is 4. The number of nitrogens with zero attached hydrogens (tertiary/aromatic N) is 2. The SMILES string of the molecule is Cc1ccc(F)cc1Nc1nccc(CO)n1. The quantitative estimate of drug-likeness (QED) is 0.852. The lowest BCUT2D eigenvalue weighted by Crippen LogP contribution is -2.01. The second-order valence-electron chi connectivity index (χ2n) is 3.61. The number of benzene rings is 1. The normalized spacial score (nSPS) is 10.3. The molecule has 0 radical (unpaired) electrons. The molecule has 1 aromatic heterocycles. The molecule has 2 rings (SSSR count). The molecule has 2 aromatic rings. The monoisotopic (exact) mass is 233 g/mol. The Morgan fingerprint density at radius 2 is 2.18 bits per heavy atom. The lowest BCUT2D eigenvalue weighted by molar-refractivity contribution is 0.277. The van der Waals surface area contributed by atoms with Gasteiger partial charge in [-0.15, -0.1) is 0 Å². The van der Waals surface area contributed by atoms with Crippen LogP contribution in [0.5, 0.6) is 0 Å². The van der Waals surface area contributed by atoms with Gasteiger partial charge in [-0.3, -0.25) is 0 Å². The van der Waals surface area contributed by atoms with Crippen LogP contribution in [0.2, 0.25) is 0 Å². The van der Waals surface area contributed by atoms with Crippen LogP contribution in [0.1, 0.15) is 11.3 Å². The molecule has 0 spiro atoms. The number of aryl methyl sites for hydroxylation is 1. The van der Waals surface area contributed by atoms with Gasteiger partial charge in [0, 0.05) is 11.9 Å². The highest BCUT2D eigenvalue weighted by molar-refractivity contribution is 5.58. The fourth-order valence-corrected chi connectivity index (χ4v) is 1.39. The second kappa shape index (κ2) is 4.88. The van der Waals surface area contributed by atoms with Crippen molar-refractivity contribution in [2.45, 2.75) is 13.5 Å². The van der Waals surface area contributed by atoms with Gasteiger partial charge in [-0.2, -0.15) is 0 Å². The molecule has 0 unspecified atom stereocenters. The van der Waals surface area contributed by atoms with Crippen molar-refractivity contribution in [3.8, 4) is 0 Å². The first-order valence-electron chi connectivity index (χ1n) is 5.15. The molecule has 5 heteroatoms. The lowest BCUT2D eigenvalue weighted by atomic mass is 10.2. The van der Waals surface area contributed by atoms with E-state index in [9.17, 15) is 4.39 Å². The topological polar surface area (TPSA) is 58.0 Å². The van der Waals surface area contributed by atoms with Crippen LogP contribution in [0, 0.1) is 12.7 Å². The van der Waals surface area contributed by atoms with Crippen molar-refractivity contribution in [2.24, 2.45) is 0 Å². The van der Waals surface area contributed by atoms with Crippen molar-refractivity contribution in [2.75, 3.05) is 5.32 Å². The van der Waals surface area contributed by atoms with Gasteiger partial charge in [0.15, 0.2) is 0 Å². The van der Waals surface area contributed by atoms with Crippen LogP contribution in [0.3, 0.4) is 0 Å². The molecule has 1 aromatic carbocycles. The zero-order chi connectivity index (χ0) is 12.3. The molecule has 0 amide bonds. The first-order valence-corrected chi connectivity index (χ1v) is 5.15. The van der Waals surface area contributed by atoms with Crippen molar-refractivity contribution < 1.29 is 9.50 Å². The molecule has 0 aliphatic rings. The molecule has 0 saturated heterocycles. The van der Waals surface area contributed by atoms with Crippen LogP contribution in [0.4, 0.5) is 16.0 Å². The Kier molecular flexibility index (Phi) is 3.30. The molecule has 0 aliphatic heterocycles. The molecule has 0 fully saturated rings. The molecular weight excluding hydrogens is 221 g/mol. The molecular formula is C12H12FN3O. The van der Waals surface area contributed by atoms with E-state index < -0.39 is 0 Å². The van der Waals surface area contributed by atoms with E-state index >= 15 is 0 Å². The highest BCUT2D eigenvalue weighted by Gasteiger charge is 2.03. The molecule has 4 nitrogen and oxygen atoms in total. The standard InChI is InChI=1S/C12H12FN3O/c1-8-2-3-9(13)6-11(8)16-12-14-5-4-10(7-17)15-12/h2-6,17H,7H2,1H3,(H,14,15,16). The maximum atomic E-state index is 13.1. The van der Waals surface area contributed by atoms with Gasteiger partial charge in [0.05, 0.1) is 12.3 Å². The Morgan fingerprint density at radius 1 is 1.35 bits per heavy atom. The van der Waals surface area contributed by atoms with Crippen LogP contribution in [0.25, 0.3) is 0 Å². The summed E-state index contributed by atoms with van der Waals surface area (Å²) >= 11 is 0. The zero-order valence-corrected chi connectivity index (χ0v) is 9.31. The molecule has 17 heavy (non-hydrogen) atoms. The summed E-state index contributed by atoms with van der Waals surface area (Å²) in [5, 5.41) is 11.9. The van der Waals surface area contributed by atoms with Crippen LogP contribution < -0.4 is 5.32 Å². The van der Waals surface area contributed by atoms with Gasteiger partial charge >= 0.3 is 0 Å². The minimum atomic E-state index is -0.323. The smallest absolute Gasteiger partial charge is 0.227 e. The van der Waals surface area contributed by atoms with E-state index in [0.29, 0.717) is 17.3 Å². The van der Waals surface area contributed by atoms with Crippen LogP contribution >= 0.6 is 0 Å². The van der Waals surface area contributed by atoms with Crippen molar-refractivity contribution in [3.63, 3.8) is 0 Å². The van der Waals surface area contributed by atoms with Gasteiger partial charge in [0.25, 0.3) is 0 Å². The Morgan fingerprint density at radius 3 is 2.94 bits per heavy atom. The number of halogens is 1. The predicted octanol–water partition coefficient (Wildman–Crippen LogP) is 2.16. The molecule has 0 saturated carbocycles. The molecule has 2 N–H and O–H groups in total. The summed E-state index contributed by atoms with van der Waals surface area (Å²) in [6, 6.07) is 6.06. The summed E-state index contributed by atoms with van der Waals surface area (Å²) in [6.45, 7) is 1.71. The third-order valence-electron chi connectivity index (χ3n) is 2.32. The number of rotatable bonds is 3. The molecule has 0 atom stereocenters. The van der Waals surface area contributed by atoms with Crippen LogP contribution in [0.15, 0.2) is 30.5 Å². The number of nitrogens with one attached hydrogen (secondary N) is 1. The van der Waals surface area contributed by atoms with Crippen molar-refractivity contribution >= 4 is 11.6 Å². The maximum absolute atomic E-state index is 13.1. The van der Waals surface area contributed by atoms with E-state index in [1.54, 1.807) is 12.1 Å². The number of anilines is 2. The molecule has 0 bridgehead atoms. The van der Waals surface area contributed by atoms with E-state index in [4.69, 9.17) is 5.11 Å². The summed E-state index contributed by atoms with van der Waals surface area (Å²) in [5.74, 6) is 0.0154. The van der Waals surface area contributed by atoms with Gasteiger partial charge in [0.1, 0.15) is 5.82 Å². The average Bonchev–Trinajstić information content (AvgIpc) is 2.34. The molecule has 1 heterocycles. The van der Waals surface area contributed by atoms with E-state index in [2.05, 4.69) is 15.3 Å². The average molecular weight is 233 g/mol. The fourth-order valence-electron chi connectivity index (χ4n) is 1.39. The number of aromatic nitrogens is 2. The van der Waals surface area contributed by atoms with Gasteiger partial charge in [0.2, 0.25) is 5.95 Å². The van der Waals surface area contributed by atoms with Crippen molar-refractivity contribution in [1.29, 1.82) is 0 Å². The largest absolute Gasteiger partial charge is 0.390 e. The highest BCUT2D eigenvalue weighted by atomic mass is 19.1. The summed E-state index contributed by atoms with van der Waals surface area (Å²) in [4.78, 5) is 8.06. The van der Waals surface area contributed by atoms with Crippen molar-refractivity contribution in [3.05, 3.63) is 47.5 Å². The summed E-state index contributed by atoms with van der Waals surface area (Å²) in [5.41, 5.74) is 2.01. The third kappa shape index (κ3) is 2.76. The Labute approximate surface area is 98.2 Å². The van der Waals surface area contributed by atoms with Crippen molar-refractivity contribution in [1.82, 2.24) is 9.97 Å². The van der Waals surface area contributed by atoms with E-state index in [1.165, 1.54) is 18.3 Å². The maximum Gasteiger partial charge on any atom is 0.227 e. The number of hydrogen-bond donors (Lipinski definition) is 2. The first-order chi connectivity index (χ1) is 8.19. The highest BCUT2D eigenvalue weighted by Crippen LogP contribution is 2.19. The summed E-state index contributed by atoms with van der Waals surface area (Å²) < 4.78 is 13.1. The number of aliphatic hydroxyl groups excluding tert-OH is 1. The fraction of sp³-hybridized carbons (Fsp3) is 0.167. The van der Waals surface area contributed by atoms with E-state index in [1.807, 2.05) is 6.92 Å². The Bertz CT molecular complexity index is 531. The van der Waals surface area contributed by atoms with Gasteiger partial charge < -0.3 is 10.4 Å². The first kappa shape index (κ1) is 11.5. The zero-order valence-electron chi connectivity index (χ0n) is 9.31. The van der Waals surface area contributed by atoms with Gasteiger partial charge in [-0.05, 0) is 30.7 Å². The lowest BCUT2D eigenvalue weighted by Gasteiger charge is -2.08. The predicted molar refractivity (Wildman–Crippen MR) is 62.4 cm³/mol. The van der Waals surface area contributed by atoms with E-state index in [0.717, 1.165) is 5.56 Å². The Hall–Kier alpha value is -2.01. The minimum absolute atomic E-state index is 0.153. The van der Waals surface area contributed by atoms with E-state index in [-0.39, 0.29) is 12.4 Å². The van der Waals surface area contributed by atoms with Crippen LogP contribution in [-0.2, 0) is 6.61 Å². The molecule has 0 aliphatic carbocycles. The minimum Gasteiger partial charge on any atom is -0.390 e. The number of aliphatic hydroxyl groups is 1. The summed E-state index contributed by atoms with van der Waals surface area (Å²) in [6.07, 6.45) is 1.54. The Balaban J connectivity index is 2.27. The molecule has 88 valence electrons. The van der Waals surface area contributed by atoms with Crippen LogP contribution in [-0.4, -0.2) is 15.1 Å². The second-order valence-corrected chi connectivity index (χ2v) is 3.61. The third-order valence-corrected chi connectivity index (χ3v) is 2.32.